The Kier molecular flexibility index (Phi) is 7.21. The van der Waals surface area contributed by atoms with Crippen molar-refractivity contribution in [2.24, 2.45) is 5.41 Å². The average Bonchev–Trinajstić information content (AvgIpc) is 3.23. The zero-order valence-electron chi connectivity index (χ0n) is 24.0. The summed E-state index contributed by atoms with van der Waals surface area (Å²) in [7, 11) is 0. The molecule has 0 saturated carbocycles. The summed E-state index contributed by atoms with van der Waals surface area (Å²) in [5.41, 5.74) is 6.83. The minimum absolute atomic E-state index is 0.0231. The summed E-state index contributed by atoms with van der Waals surface area (Å²) in [5.74, 6) is 0.943. The number of nitriles is 1. The lowest BCUT2D eigenvalue weighted by molar-refractivity contribution is -0.204. The van der Waals surface area contributed by atoms with Crippen molar-refractivity contribution in [2.75, 3.05) is 38.6 Å². The van der Waals surface area contributed by atoms with E-state index in [-0.39, 0.29) is 29.9 Å². The number of hydrogen-bond acceptors (Lipinski definition) is 9. The molecule has 43 heavy (non-hydrogen) atoms. The van der Waals surface area contributed by atoms with Gasteiger partial charge in [-0.15, -0.1) is 0 Å². The maximum atomic E-state index is 13.6. The smallest absolute Gasteiger partial charge is 0.335 e. The fourth-order valence-electron chi connectivity index (χ4n) is 5.54. The maximum Gasteiger partial charge on any atom is 0.335 e. The van der Waals surface area contributed by atoms with Crippen molar-refractivity contribution in [1.29, 1.82) is 5.26 Å². The molecule has 3 N–H and O–H groups in total. The molecule has 1 spiro atoms. The molecule has 2 aliphatic heterocycles. The number of nitrogen functional groups attached to an aromatic ring is 1. The zero-order valence-corrected chi connectivity index (χ0v) is 24.0. The number of nitrogens with one attached hydrogen (secondary N) is 1. The second kappa shape index (κ2) is 11.0. The molecule has 0 bridgehead atoms. The lowest BCUT2D eigenvalue weighted by Crippen LogP contribution is -2.70. The van der Waals surface area contributed by atoms with Gasteiger partial charge in [-0.2, -0.15) is 5.26 Å². The highest BCUT2D eigenvalue weighted by Crippen LogP contribution is 2.41. The van der Waals surface area contributed by atoms with E-state index in [9.17, 15) is 14.9 Å². The number of hydrogen-bond donors (Lipinski definition) is 2. The Morgan fingerprint density at radius 3 is 2.49 bits per heavy atom. The number of nitrogens with zero attached hydrogens (tertiary/aromatic N) is 6. The van der Waals surface area contributed by atoms with Gasteiger partial charge in [0.25, 0.3) is 5.91 Å². The van der Waals surface area contributed by atoms with Crippen LogP contribution < -0.4 is 21.5 Å². The molecular weight excluding hydrogens is 548 g/mol. The molecule has 4 heterocycles. The fourth-order valence-corrected chi connectivity index (χ4v) is 5.54. The topological polar surface area (TPSA) is 153 Å². The van der Waals surface area contributed by atoms with Crippen LogP contribution in [0.25, 0.3) is 16.9 Å². The lowest BCUT2D eigenvalue weighted by atomic mass is 9.75. The molecule has 2 fully saturated rings. The number of carbonyl (C=O) groups excluding carboxylic acids is 1. The number of likely N-dealkylation sites (tertiary alicyclic amines) is 1. The van der Waals surface area contributed by atoms with Gasteiger partial charge in [0.2, 0.25) is 0 Å². The average molecular weight is 581 g/mol. The molecule has 2 aromatic carbocycles. The predicted octanol–water partition coefficient (Wildman–Crippen LogP) is 2.63. The summed E-state index contributed by atoms with van der Waals surface area (Å²) in [4.78, 5) is 37.3. The molecule has 0 unspecified atom stereocenters. The van der Waals surface area contributed by atoms with Crippen LogP contribution in [-0.4, -0.2) is 68.3 Å². The number of imidazole rings is 1. The SMILES string of the molecule is CC(C)(C=C(C#N)C(=O)NCCn1c(=O)n(-c2ccc(Oc3ccccc3)cc2)c2c(N)ncnc21)N1CC2(COC2)C1. The van der Waals surface area contributed by atoms with Crippen LogP contribution in [0, 0.1) is 16.7 Å². The van der Waals surface area contributed by atoms with Gasteiger partial charge in [0, 0.05) is 37.1 Å². The first-order valence-corrected chi connectivity index (χ1v) is 14.0. The van der Waals surface area contributed by atoms with Crippen LogP contribution in [0.3, 0.4) is 0 Å². The number of aromatic nitrogens is 4. The first kappa shape index (κ1) is 28.1. The van der Waals surface area contributed by atoms with E-state index in [1.165, 1.54) is 15.5 Å². The van der Waals surface area contributed by atoms with Gasteiger partial charge in [0.15, 0.2) is 11.5 Å². The van der Waals surface area contributed by atoms with Crippen molar-refractivity contribution in [3.8, 4) is 23.3 Å². The lowest BCUT2D eigenvalue weighted by Gasteiger charge is -2.59. The van der Waals surface area contributed by atoms with E-state index in [1.807, 2.05) is 50.2 Å². The van der Waals surface area contributed by atoms with Crippen LogP contribution in [0.1, 0.15) is 13.8 Å². The molecule has 0 radical (unpaired) electrons. The van der Waals surface area contributed by atoms with Crippen LogP contribution in [0.5, 0.6) is 11.5 Å². The molecule has 0 aliphatic carbocycles. The zero-order chi connectivity index (χ0) is 30.2. The van der Waals surface area contributed by atoms with Crippen molar-refractivity contribution in [3.63, 3.8) is 0 Å². The van der Waals surface area contributed by atoms with Crippen molar-refractivity contribution >= 4 is 22.9 Å². The van der Waals surface area contributed by atoms with E-state index in [0.29, 0.717) is 28.4 Å². The number of carbonyl (C=O) groups is 1. The van der Waals surface area contributed by atoms with Gasteiger partial charge >= 0.3 is 5.69 Å². The summed E-state index contributed by atoms with van der Waals surface area (Å²) in [5, 5.41) is 12.5. The third kappa shape index (κ3) is 5.36. The van der Waals surface area contributed by atoms with Crippen LogP contribution in [0.15, 0.2) is 77.4 Å². The summed E-state index contributed by atoms with van der Waals surface area (Å²) >= 11 is 0. The Morgan fingerprint density at radius 2 is 1.84 bits per heavy atom. The number of ether oxygens (including phenoxy) is 2. The number of amides is 1. The second-order valence-electron chi connectivity index (χ2n) is 11.5. The molecule has 0 atom stereocenters. The molecule has 4 aromatic rings. The summed E-state index contributed by atoms with van der Waals surface area (Å²) < 4.78 is 14.1. The number of rotatable bonds is 9. The number of fused-ring (bicyclic) bond motifs is 1. The van der Waals surface area contributed by atoms with Crippen molar-refractivity contribution < 1.29 is 14.3 Å². The largest absolute Gasteiger partial charge is 0.457 e. The van der Waals surface area contributed by atoms with Gasteiger partial charge < -0.3 is 20.5 Å². The van der Waals surface area contributed by atoms with E-state index in [4.69, 9.17) is 15.2 Å². The standard InChI is InChI=1S/C31H32N8O4/c1-30(2,37-16-31(17-37)18-42-19-31)14-21(15-32)28(40)34-12-13-38-27-25(26(33)35-20-36-27)39(29(38)41)22-8-10-24(11-9-22)43-23-6-4-3-5-7-23/h3-11,14,20H,12-13,16-19H2,1-2H3,(H,34,40)(H2,33,35,36). The number of nitrogens with two attached hydrogens (primary N) is 1. The third-order valence-electron chi connectivity index (χ3n) is 7.97. The minimum atomic E-state index is -0.502. The van der Waals surface area contributed by atoms with Crippen LogP contribution in [0.2, 0.25) is 0 Å². The number of para-hydroxylation sites is 1. The van der Waals surface area contributed by atoms with Gasteiger partial charge in [-0.3, -0.25) is 18.8 Å². The van der Waals surface area contributed by atoms with Crippen molar-refractivity contribution in [1.82, 2.24) is 29.3 Å². The van der Waals surface area contributed by atoms with Gasteiger partial charge in [-0.25, -0.2) is 14.8 Å². The van der Waals surface area contributed by atoms with Gasteiger partial charge in [0.05, 0.1) is 18.9 Å². The molecule has 6 rings (SSSR count). The molecule has 12 nitrogen and oxygen atoms in total. The van der Waals surface area contributed by atoms with Crippen molar-refractivity contribution in [3.05, 3.63) is 83.1 Å². The molecule has 1 amide bonds. The second-order valence-corrected chi connectivity index (χ2v) is 11.5. The van der Waals surface area contributed by atoms with E-state index in [0.717, 1.165) is 26.3 Å². The Labute approximate surface area is 248 Å². The Hall–Kier alpha value is -4.99. The number of anilines is 1. The van der Waals surface area contributed by atoms with Gasteiger partial charge in [-0.1, -0.05) is 18.2 Å². The van der Waals surface area contributed by atoms with E-state index in [2.05, 4.69) is 20.2 Å². The highest BCUT2D eigenvalue weighted by molar-refractivity contribution is 5.97. The van der Waals surface area contributed by atoms with Crippen molar-refractivity contribution in [2.45, 2.75) is 25.9 Å². The van der Waals surface area contributed by atoms with Gasteiger partial charge in [-0.05, 0) is 56.3 Å². The quantitative estimate of drug-likeness (QED) is 0.225. The molecule has 220 valence electrons. The third-order valence-corrected chi connectivity index (χ3v) is 7.97. The summed E-state index contributed by atoms with van der Waals surface area (Å²) in [6.45, 7) is 7.44. The Morgan fingerprint density at radius 1 is 1.14 bits per heavy atom. The summed E-state index contributed by atoms with van der Waals surface area (Å²) in [6, 6.07) is 18.4. The maximum absolute atomic E-state index is 13.6. The van der Waals surface area contributed by atoms with Crippen LogP contribution >= 0.6 is 0 Å². The predicted molar refractivity (Wildman–Crippen MR) is 160 cm³/mol. The van der Waals surface area contributed by atoms with E-state index >= 15 is 0 Å². The molecule has 2 aromatic heterocycles. The summed E-state index contributed by atoms with van der Waals surface area (Å²) in [6.07, 6.45) is 2.99. The van der Waals surface area contributed by atoms with E-state index in [1.54, 1.807) is 30.3 Å². The van der Waals surface area contributed by atoms with Crippen LogP contribution in [0.4, 0.5) is 5.82 Å². The Balaban J connectivity index is 1.18. The fraction of sp³-hybridized carbons (Fsp3) is 0.323. The minimum Gasteiger partial charge on any atom is -0.457 e. The first-order valence-electron chi connectivity index (χ1n) is 14.0. The Bertz CT molecular complexity index is 1790. The number of benzene rings is 2. The molecular formula is C31H32N8O4. The molecule has 12 heteroatoms. The molecule has 2 saturated heterocycles. The van der Waals surface area contributed by atoms with Crippen LogP contribution in [-0.2, 0) is 16.1 Å². The van der Waals surface area contributed by atoms with E-state index < -0.39 is 17.1 Å². The monoisotopic (exact) mass is 580 g/mol. The van der Waals surface area contributed by atoms with Gasteiger partial charge in [0.1, 0.15) is 35.0 Å². The normalized spacial score (nSPS) is 16.3. The highest BCUT2D eigenvalue weighted by Gasteiger charge is 2.52. The molecule has 2 aliphatic rings. The highest BCUT2D eigenvalue weighted by atomic mass is 16.5. The first-order chi connectivity index (χ1) is 20.7.